The topological polar surface area (TPSA) is 83.8 Å². The number of nitrogens with one attached hydrogen (secondary N) is 2. The van der Waals surface area contributed by atoms with E-state index in [1.54, 1.807) is 19.2 Å². The van der Waals surface area contributed by atoms with Crippen LogP contribution in [0.4, 0.5) is 24.8 Å². The van der Waals surface area contributed by atoms with Gasteiger partial charge in [0.05, 0.1) is 30.3 Å². The number of para-hydroxylation sites is 1. The van der Waals surface area contributed by atoms with Gasteiger partial charge in [0, 0.05) is 43.0 Å². The first-order valence-corrected chi connectivity index (χ1v) is 12.0. The molecule has 194 valence electrons. The van der Waals surface area contributed by atoms with Crippen molar-refractivity contribution < 1.29 is 22.7 Å². The van der Waals surface area contributed by atoms with Gasteiger partial charge in [0.2, 0.25) is 5.95 Å². The predicted octanol–water partition coefficient (Wildman–Crippen LogP) is 4.58. The number of halogens is 3. The molecule has 1 aliphatic rings. The summed E-state index contributed by atoms with van der Waals surface area (Å²) in [7, 11) is 1.57. The van der Waals surface area contributed by atoms with Crippen LogP contribution in [0.3, 0.4) is 0 Å². The number of hydrogen-bond acceptors (Lipinski definition) is 6. The molecule has 1 fully saturated rings. The molecule has 5 rings (SSSR count). The molecule has 3 heterocycles. The van der Waals surface area contributed by atoms with E-state index in [1.165, 1.54) is 4.40 Å². The van der Waals surface area contributed by atoms with Gasteiger partial charge in [0.1, 0.15) is 5.65 Å². The number of hydrogen-bond donors (Lipinski definition) is 2. The molecule has 1 aliphatic heterocycles. The third-order valence-corrected chi connectivity index (χ3v) is 6.48. The normalized spacial score (nSPS) is 15.2. The SMILES string of the molecule is CNC(=O)c1ccccc1N[C@H](C)c1cc(C)cc2c1nc(N1CCOCC1)n1cc(C(F)(F)F)nc21. The molecule has 2 N–H and O–H groups in total. The van der Waals surface area contributed by atoms with Crippen LogP contribution in [-0.4, -0.2) is 53.6 Å². The summed E-state index contributed by atoms with van der Waals surface area (Å²) in [4.78, 5) is 23.2. The number of benzene rings is 2. The van der Waals surface area contributed by atoms with Crippen molar-refractivity contribution in [1.82, 2.24) is 19.7 Å². The number of ether oxygens (including phenoxy) is 1. The Balaban J connectivity index is 1.70. The van der Waals surface area contributed by atoms with Crippen LogP contribution in [0.15, 0.2) is 42.6 Å². The lowest BCUT2D eigenvalue weighted by Crippen LogP contribution is -2.38. The minimum absolute atomic E-state index is 0.196. The van der Waals surface area contributed by atoms with Gasteiger partial charge in [-0.25, -0.2) is 9.97 Å². The minimum atomic E-state index is -4.59. The van der Waals surface area contributed by atoms with Gasteiger partial charge in [-0.1, -0.05) is 18.2 Å². The summed E-state index contributed by atoms with van der Waals surface area (Å²) in [5.41, 5.74) is 2.55. The molecule has 0 spiro atoms. The standard InChI is InChI=1S/C26H27F3N6O2/c1-15-12-18(16(2)31-20-7-5-4-6-17(20)24(36)30-3)22-19(13-15)23-32-21(26(27,28)29)14-35(23)25(33-22)34-8-10-37-11-9-34/h4-7,12-14,16,31H,8-11H2,1-3H3,(H,30,36)/t16-/m1/s1. The van der Waals surface area contributed by atoms with Crippen LogP contribution in [0, 0.1) is 6.92 Å². The molecule has 11 heteroatoms. The first kappa shape index (κ1) is 24.8. The molecule has 1 atom stereocenters. The maximum absolute atomic E-state index is 13.7. The molecule has 0 bridgehead atoms. The number of alkyl halides is 3. The average Bonchev–Trinajstić information content (AvgIpc) is 3.35. The second kappa shape index (κ2) is 9.55. The Bertz CT molecular complexity index is 1480. The van der Waals surface area contributed by atoms with E-state index in [-0.39, 0.29) is 17.6 Å². The zero-order chi connectivity index (χ0) is 26.3. The summed E-state index contributed by atoms with van der Waals surface area (Å²) >= 11 is 0. The fourth-order valence-electron chi connectivity index (χ4n) is 4.68. The third-order valence-electron chi connectivity index (χ3n) is 6.48. The van der Waals surface area contributed by atoms with E-state index in [9.17, 15) is 18.0 Å². The Morgan fingerprint density at radius 1 is 1.14 bits per heavy atom. The number of fused-ring (bicyclic) bond motifs is 3. The van der Waals surface area contributed by atoms with E-state index in [4.69, 9.17) is 9.72 Å². The molecule has 37 heavy (non-hydrogen) atoms. The van der Waals surface area contributed by atoms with Gasteiger partial charge in [-0.05, 0) is 37.6 Å². The number of carbonyl (C=O) groups is 1. The van der Waals surface area contributed by atoms with Crippen LogP contribution >= 0.6 is 0 Å². The number of anilines is 2. The molecule has 0 aliphatic carbocycles. The highest BCUT2D eigenvalue weighted by Crippen LogP contribution is 2.35. The number of aryl methyl sites for hydroxylation is 1. The highest BCUT2D eigenvalue weighted by atomic mass is 19.4. The number of amides is 1. The minimum Gasteiger partial charge on any atom is -0.378 e. The number of carbonyl (C=O) groups excluding carboxylic acids is 1. The monoisotopic (exact) mass is 512 g/mol. The molecule has 0 radical (unpaired) electrons. The van der Waals surface area contributed by atoms with Crippen molar-refractivity contribution >= 4 is 34.1 Å². The van der Waals surface area contributed by atoms with E-state index < -0.39 is 11.9 Å². The first-order chi connectivity index (χ1) is 17.7. The summed E-state index contributed by atoms with van der Waals surface area (Å²) in [6.07, 6.45) is -3.58. The molecule has 8 nitrogen and oxygen atoms in total. The molecule has 2 aromatic heterocycles. The van der Waals surface area contributed by atoms with Crippen molar-refractivity contribution in [3.05, 3.63) is 65.0 Å². The van der Waals surface area contributed by atoms with Gasteiger partial charge in [0.15, 0.2) is 5.69 Å². The van der Waals surface area contributed by atoms with Crippen molar-refractivity contribution in [3.63, 3.8) is 0 Å². The maximum Gasteiger partial charge on any atom is 0.434 e. The van der Waals surface area contributed by atoms with Gasteiger partial charge in [-0.2, -0.15) is 13.2 Å². The van der Waals surface area contributed by atoms with Crippen LogP contribution < -0.4 is 15.5 Å². The Morgan fingerprint density at radius 3 is 2.57 bits per heavy atom. The molecule has 1 saturated heterocycles. The molecule has 0 saturated carbocycles. The summed E-state index contributed by atoms with van der Waals surface area (Å²) < 4.78 is 47.9. The lowest BCUT2D eigenvalue weighted by Gasteiger charge is -2.29. The number of rotatable bonds is 5. The molecular formula is C26H27F3N6O2. The fourth-order valence-corrected chi connectivity index (χ4v) is 4.68. The van der Waals surface area contributed by atoms with Gasteiger partial charge >= 0.3 is 6.18 Å². The van der Waals surface area contributed by atoms with Crippen molar-refractivity contribution in [2.75, 3.05) is 43.6 Å². The van der Waals surface area contributed by atoms with Gasteiger partial charge in [-0.3, -0.25) is 9.20 Å². The number of nitrogens with zero attached hydrogens (tertiary/aromatic N) is 4. The van der Waals surface area contributed by atoms with Gasteiger partial charge in [-0.15, -0.1) is 0 Å². The molecular weight excluding hydrogens is 485 g/mol. The van der Waals surface area contributed by atoms with Crippen molar-refractivity contribution in [1.29, 1.82) is 0 Å². The molecule has 1 amide bonds. The second-order valence-electron chi connectivity index (χ2n) is 9.07. The molecule has 0 unspecified atom stereocenters. The van der Waals surface area contributed by atoms with Crippen LogP contribution in [0.5, 0.6) is 0 Å². The summed E-state index contributed by atoms with van der Waals surface area (Å²) in [5, 5.41) is 6.56. The Kier molecular flexibility index (Phi) is 6.40. The lowest BCUT2D eigenvalue weighted by atomic mass is 10.0. The lowest BCUT2D eigenvalue weighted by molar-refractivity contribution is -0.140. The smallest absolute Gasteiger partial charge is 0.378 e. The van der Waals surface area contributed by atoms with E-state index in [1.807, 2.05) is 43.0 Å². The Morgan fingerprint density at radius 2 is 1.86 bits per heavy atom. The van der Waals surface area contributed by atoms with Gasteiger partial charge in [0.25, 0.3) is 5.91 Å². The zero-order valence-corrected chi connectivity index (χ0v) is 20.7. The first-order valence-electron chi connectivity index (χ1n) is 12.0. The average molecular weight is 513 g/mol. The fraction of sp³-hybridized carbons (Fsp3) is 0.346. The van der Waals surface area contributed by atoms with E-state index >= 15 is 0 Å². The number of aromatic nitrogens is 3. The van der Waals surface area contributed by atoms with Crippen LogP contribution in [0.2, 0.25) is 0 Å². The molecule has 2 aromatic carbocycles. The Hall–Kier alpha value is -3.86. The van der Waals surface area contributed by atoms with Crippen molar-refractivity contribution in [2.24, 2.45) is 0 Å². The highest BCUT2D eigenvalue weighted by molar-refractivity contribution is 6.00. The van der Waals surface area contributed by atoms with Crippen LogP contribution in [0.1, 0.15) is 40.1 Å². The summed E-state index contributed by atoms with van der Waals surface area (Å²) in [6, 6.07) is 10.6. The quantitative estimate of drug-likeness (QED) is 0.407. The van der Waals surface area contributed by atoms with E-state index in [0.717, 1.165) is 17.3 Å². The summed E-state index contributed by atoms with van der Waals surface area (Å²) in [6.45, 7) is 5.73. The predicted molar refractivity (Wildman–Crippen MR) is 135 cm³/mol. The van der Waals surface area contributed by atoms with Crippen molar-refractivity contribution in [2.45, 2.75) is 26.1 Å². The van der Waals surface area contributed by atoms with Crippen molar-refractivity contribution in [3.8, 4) is 0 Å². The molecule has 4 aromatic rings. The van der Waals surface area contributed by atoms with E-state index in [2.05, 4.69) is 15.6 Å². The Labute approximate surface area is 211 Å². The number of imidazole rings is 1. The van der Waals surface area contributed by atoms with Crippen LogP contribution in [-0.2, 0) is 10.9 Å². The van der Waals surface area contributed by atoms with Crippen LogP contribution in [0.25, 0.3) is 16.6 Å². The highest BCUT2D eigenvalue weighted by Gasteiger charge is 2.35. The largest absolute Gasteiger partial charge is 0.434 e. The van der Waals surface area contributed by atoms with E-state index in [0.29, 0.717) is 54.4 Å². The maximum atomic E-state index is 13.7. The van der Waals surface area contributed by atoms with Gasteiger partial charge < -0.3 is 20.3 Å². The second-order valence-corrected chi connectivity index (χ2v) is 9.07. The number of morpholine rings is 1. The zero-order valence-electron chi connectivity index (χ0n) is 20.7. The third kappa shape index (κ3) is 4.66. The summed E-state index contributed by atoms with van der Waals surface area (Å²) in [5.74, 6) is 0.160.